The highest BCUT2D eigenvalue weighted by Gasteiger charge is 1.98. The maximum Gasteiger partial charge on any atom is 0.344 e. The minimum Gasteiger partial charge on any atom is -0.466 e. The monoisotopic (exact) mass is 158 g/mol. The Bertz CT molecular complexity index is 171. The van der Waals surface area contributed by atoms with E-state index in [1.165, 1.54) is 6.92 Å². The van der Waals surface area contributed by atoms with Crippen molar-refractivity contribution in [2.24, 2.45) is 0 Å². The van der Waals surface area contributed by atoms with Gasteiger partial charge in [0, 0.05) is 18.9 Å². The van der Waals surface area contributed by atoms with Gasteiger partial charge in [-0.15, -0.1) is 0 Å². The van der Waals surface area contributed by atoms with Crippen molar-refractivity contribution in [3.63, 3.8) is 0 Å². The van der Waals surface area contributed by atoms with Crippen LogP contribution in [0.2, 0.25) is 0 Å². The molecule has 0 aliphatic rings. The first-order chi connectivity index (χ1) is 5.16. The summed E-state index contributed by atoms with van der Waals surface area (Å²) in [7, 11) is 0. The van der Waals surface area contributed by atoms with Gasteiger partial charge in [-0.3, -0.25) is 4.79 Å². The first-order valence-electron chi connectivity index (χ1n) is 3.10. The molecule has 0 spiro atoms. The highest BCUT2D eigenvalue weighted by molar-refractivity contribution is 5.72. The molecule has 0 atom stereocenters. The van der Waals surface area contributed by atoms with Crippen LogP contribution in [0.4, 0.5) is 0 Å². The Morgan fingerprint density at radius 2 is 2.45 bits per heavy atom. The summed E-state index contributed by atoms with van der Waals surface area (Å²) in [5.41, 5.74) is 0.501. The standard InChI is InChI=1S/C7H10O4/c1-6(5-11-9)3-4-10-7(2)8/h5H,1,3-4H2,2H3. The van der Waals surface area contributed by atoms with Gasteiger partial charge in [0.05, 0.1) is 6.61 Å². The number of aldehydes is 1. The van der Waals surface area contributed by atoms with Crippen LogP contribution in [0, 0.1) is 0 Å². The summed E-state index contributed by atoms with van der Waals surface area (Å²) in [6.45, 7) is 5.02. The Balaban J connectivity index is 3.39. The first-order valence-corrected chi connectivity index (χ1v) is 3.10. The van der Waals surface area contributed by atoms with Crippen molar-refractivity contribution < 1.29 is 19.4 Å². The lowest BCUT2D eigenvalue weighted by molar-refractivity contribution is -1.04. The number of esters is 1. The Labute approximate surface area is 64.7 Å². The predicted molar refractivity (Wildman–Crippen MR) is 36.5 cm³/mol. The molecule has 0 heterocycles. The van der Waals surface area contributed by atoms with Crippen LogP contribution in [0.1, 0.15) is 13.3 Å². The zero-order chi connectivity index (χ0) is 8.69. The minimum absolute atomic E-state index is 0.230. The fourth-order valence-electron chi connectivity index (χ4n) is 0.453. The predicted octanol–water partition coefficient (Wildman–Crippen LogP) is -0.494. The van der Waals surface area contributed by atoms with E-state index in [0.717, 1.165) is 6.29 Å². The van der Waals surface area contributed by atoms with E-state index in [2.05, 4.69) is 15.9 Å². The summed E-state index contributed by atoms with van der Waals surface area (Å²) in [5.74, 6) is -0.346. The van der Waals surface area contributed by atoms with E-state index in [9.17, 15) is 10.1 Å². The quantitative estimate of drug-likeness (QED) is 0.138. The largest absolute Gasteiger partial charge is 0.466 e. The Kier molecular flexibility index (Phi) is 4.81. The zero-order valence-corrected chi connectivity index (χ0v) is 6.33. The maximum atomic E-state index is 10.2. The minimum atomic E-state index is -0.346. The lowest BCUT2D eigenvalue weighted by Crippen LogP contribution is -2.04. The number of carbonyl (C=O) groups excluding carboxylic acids is 2. The Morgan fingerprint density at radius 1 is 1.82 bits per heavy atom. The van der Waals surface area contributed by atoms with Gasteiger partial charge >= 0.3 is 12.3 Å². The third-order valence-electron chi connectivity index (χ3n) is 0.943. The van der Waals surface area contributed by atoms with Crippen LogP contribution in [0.15, 0.2) is 12.2 Å². The molecule has 0 bridgehead atoms. The number of carbonyl (C=O) groups is 1. The molecule has 11 heavy (non-hydrogen) atoms. The van der Waals surface area contributed by atoms with E-state index < -0.39 is 0 Å². The lowest BCUT2D eigenvalue weighted by atomic mass is 10.2. The molecule has 0 saturated carbocycles. The molecule has 0 amide bonds. The fourth-order valence-corrected chi connectivity index (χ4v) is 0.453. The molecule has 0 radical (unpaired) electrons. The first kappa shape index (κ1) is 9.68. The van der Waals surface area contributed by atoms with Gasteiger partial charge in [-0.05, 0) is 0 Å². The molecule has 62 valence electrons. The summed E-state index contributed by atoms with van der Waals surface area (Å²) in [4.78, 5) is 10.2. The van der Waals surface area contributed by atoms with Gasteiger partial charge < -0.3 is 9.99 Å². The van der Waals surface area contributed by atoms with E-state index in [4.69, 9.17) is 0 Å². The molecule has 0 fully saturated rings. The van der Waals surface area contributed by atoms with Crippen LogP contribution in [-0.2, 0) is 14.1 Å². The average Bonchev–Trinajstić information content (AvgIpc) is 1.87. The summed E-state index contributed by atoms with van der Waals surface area (Å²) >= 11 is 0. The molecule has 0 saturated heterocycles. The SMILES string of the molecule is C=C(C=[O+][O-])CCOC(C)=O. The van der Waals surface area contributed by atoms with E-state index in [1.807, 2.05) is 0 Å². The molecule has 0 aliphatic heterocycles. The maximum absolute atomic E-state index is 10.2. The van der Waals surface area contributed by atoms with Gasteiger partial charge in [-0.1, -0.05) is 6.58 Å². The van der Waals surface area contributed by atoms with E-state index >= 15 is 0 Å². The van der Waals surface area contributed by atoms with E-state index in [0.29, 0.717) is 12.0 Å². The van der Waals surface area contributed by atoms with Gasteiger partial charge in [0.25, 0.3) is 0 Å². The van der Waals surface area contributed by atoms with Gasteiger partial charge in [0.2, 0.25) is 0 Å². The fraction of sp³-hybridized carbons (Fsp3) is 0.429. The Morgan fingerprint density at radius 3 is 2.91 bits per heavy atom. The zero-order valence-electron chi connectivity index (χ0n) is 6.33. The molecule has 0 aromatic heterocycles. The van der Waals surface area contributed by atoms with Crippen molar-refractivity contribution in [2.45, 2.75) is 13.3 Å². The molecule has 0 rings (SSSR count). The highest BCUT2D eigenvalue weighted by atomic mass is 17.1. The molecular formula is C7H10O4. The summed E-state index contributed by atoms with van der Waals surface area (Å²) in [6, 6.07) is 0. The van der Waals surface area contributed by atoms with Crippen molar-refractivity contribution in [1.29, 1.82) is 0 Å². The topological polar surface area (TPSA) is 60.7 Å². The lowest BCUT2D eigenvalue weighted by Gasteiger charge is -1.97. The van der Waals surface area contributed by atoms with Crippen LogP contribution >= 0.6 is 0 Å². The number of hydrogen-bond acceptors (Lipinski definition) is 3. The molecule has 0 unspecified atom stereocenters. The number of rotatable bonds is 4. The molecule has 0 aromatic carbocycles. The molecule has 4 heteroatoms. The molecule has 4 nitrogen and oxygen atoms in total. The third-order valence-corrected chi connectivity index (χ3v) is 0.943. The Hall–Kier alpha value is -1.32. The average molecular weight is 158 g/mol. The van der Waals surface area contributed by atoms with Gasteiger partial charge in [-0.25, -0.2) is 0 Å². The third kappa shape index (κ3) is 6.57. The second kappa shape index (κ2) is 5.46. The van der Waals surface area contributed by atoms with Crippen molar-refractivity contribution in [3.05, 3.63) is 12.2 Å². The number of ether oxygens (including phenoxy) is 1. The summed E-state index contributed by atoms with van der Waals surface area (Å²) in [5, 5.41) is 9.51. The van der Waals surface area contributed by atoms with Crippen LogP contribution in [0.3, 0.4) is 0 Å². The second-order valence-electron chi connectivity index (χ2n) is 1.96. The summed E-state index contributed by atoms with van der Waals surface area (Å²) < 4.78 is 8.03. The second-order valence-corrected chi connectivity index (χ2v) is 1.96. The normalized spacial score (nSPS) is 9.91. The highest BCUT2D eigenvalue weighted by Crippen LogP contribution is 1.93. The van der Waals surface area contributed by atoms with Crippen molar-refractivity contribution in [1.82, 2.24) is 0 Å². The van der Waals surface area contributed by atoms with E-state index in [1.54, 1.807) is 0 Å². The van der Waals surface area contributed by atoms with Crippen LogP contribution in [0.5, 0.6) is 0 Å². The molecule has 0 aromatic rings. The van der Waals surface area contributed by atoms with Crippen LogP contribution in [0.25, 0.3) is 0 Å². The molecular weight excluding hydrogens is 148 g/mol. The van der Waals surface area contributed by atoms with Crippen LogP contribution in [-0.4, -0.2) is 18.9 Å². The molecule has 0 N–H and O–H groups in total. The van der Waals surface area contributed by atoms with Crippen LogP contribution < -0.4 is 5.26 Å². The van der Waals surface area contributed by atoms with E-state index in [-0.39, 0.29) is 12.6 Å². The molecule has 0 aliphatic carbocycles. The van der Waals surface area contributed by atoms with Gasteiger partial charge in [0.15, 0.2) is 0 Å². The smallest absolute Gasteiger partial charge is 0.344 e. The van der Waals surface area contributed by atoms with Crippen molar-refractivity contribution in [2.75, 3.05) is 6.61 Å². The van der Waals surface area contributed by atoms with Crippen molar-refractivity contribution in [3.8, 4) is 0 Å². The summed E-state index contributed by atoms with van der Waals surface area (Å²) in [6.07, 6.45) is 1.39. The number of hydrogen-bond donors (Lipinski definition) is 0. The van der Waals surface area contributed by atoms with Gasteiger partial charge in [-0.2, -0.15) is 4.58 Å². The van der Waals surface area contributed by atoms with Crippen molar-refractivity contribution >= 4 is 12.3 Å². The van der Waals surface area contributed by atoms with Gasteiger partial charge in [0.1, 0.15) is 0 Å².